The summed E-state index contributed by atoms with van der Waals surface area (Å²) in [6, 6.07) is 5.73. The van der Waals surface area contributed by atoms with Crippen molar-refractivity contribution in [2.75, 3.05) is 33.7 Å². The van der Waals surface area contributed by atoms with Gasteiger partial charge in [-0.25, -0.2) is 17.7 Å². The van der Waals surface area contributed by atoms with Crippen LogP contribution in [0.15, 0.2) is 23.1 Å². The van der Waals surface area contributed by atoms with Crippen molar-refractivity contribution in [1.82, 2.24) is 24.1 Å². The van der Waals surface area contributed by atoms with Crippen molar-refractivity contribution < 1.29 is 8.42 Å². The first-order chi connectivity index (χ1) is 12.3. The van der Waals surface area contributed by atoms with Gasteiger partial charge in [0.05, 0.1) is 22.5 Å². The average Bonchev–Trinajstić information content (AvgIpc) is 2.94. The second-order valence-electron chi connectivity index (χ2n) is 7.14. The zero-order chi connectivity index (χ0) is 18.9. The summed E-state index contributed by atoms with van der Waals surface area (Å²) in [7, 11) is -0.359. The Balaban J connectivity index is 2.01. The van der Waals surface area contributed by atoms with Gasteiger partial charge in [-0.05, 0) is 31.5 Å². The van der Waals surface area contributed by atoms with Crippen molar-refractivity contribution in [2.24, 2.45) is 0 Å². The maximum atomic E-state index is 12.4. The highest BCUT2D eigenvalue weighted by molar-refractivity contribution is 7.89. The molecule has 8 heteroatoms. The molecular formula is C18H29N5O2S. The Bertz CT molecular complexity index is 875. The molecule has 1 atom stereocenters. The van der Waals surface area contributed by atoms with Crippen molar-refractivity contribution in [3.63, 3.8) is 0 Å². The second kappa shape index (κ2) is 7.64. The molecule has 1 aliphatic rings. The Hall–Kier alpha value is -1.48. The summed E-state index contributed by atoms with van der Waals surface area (Å²) < 4.78 is 28.3. The molecule has 144 valence electrons. The Morgan fingerprint density at radius 3 is 2.77 bits per heavy atom. The Morgan fingerprint density at radius 2 is 2.12 bits per heavy atom. The smallest absolute Gasteiger partial charge is 0.242 e. The summed E-state index contributed by atoms with van der Waals surface area (Å²) in [5, 5.41) is 3.41. The maximum Gasteiger partial charge on any atom is 0.242 e. The van der Waals surface area contributed by atoms with E-state index in [4.69, 9.17) is 4.98 Å². The van der Waals surface area contributed by atoms with Crippen molar-refractivity contribution in [2.45, 2.75) is 44.3 Å². The van der Waals surface area contributed by atoms with Gasteiger partial charge in [0.2, 0.25) is 10.0 Å². The molecule has 0 radical (unpaired) electrons. The molecule has 0 saturated carbocycles. The lowest BCUT2D eigenvalue weighted by Crippen LogP contribution is -2.49. The summed E-state index contributed by atoms with van der Waals surface area (Å²) in [6.07, 6.45) is 1.01. The van der Waals surface area contributed by atoms with Gasteiger partial charge in [0.15, 0.2) is 0 Å². The van der Waals surface area contributed by atoms with Gasteiger partial charge in [-0.3, -0.25) is 4.90 Å². The van der Waals surface area contributed by atoms with Crippen LogP contribution in [0.2, 0.25) is 0 Å². The molecule has 0 aliphatic carbocycles. The first kappa shape index (κ1) is 19.3. The van der Waals surface area contributed by atoms with Gasteiger partial charge < -0.3 is 9.88 Å². The number of imidazole rings is 1. The summed E-state index contributed by atoms with van der Waals surface area (Å²) >= 11 is 0. The lowest BCUT2D eigenvalue weighted by molar-refractivity contribution is 0.160. The molecule has 7 nitrogen and oxygen atoms in total. The van der Waals surface area contributed by atoms with E-state index in [0.29, 0.717) is 10.9 Å². The SMILES string of the molecule is CCCn1c(CN2CCNC[C@H]2C)nc2cc(S(=O)(=O)N(C)C)ccc21. The van der Waals surface area contributed by atoms with Crippen LogP contribution >= 0.6 is 0 Å². The van der Waals surface area contributed by atoms with Crippen LogP contribution in [0.25, 0.3) is 11.0 Å². The zero-order valence-electron chi connectivity index (χ0n) is 16.1. The van der Waals surface area contributed by atoms with Crippen LogP contribution in [-0.2, 0) is 23.1 Å². The molecule has 0 spiro atoms. The molecule has 1 fully saturated rings. The number of rotatable bonds is 6. The number of benzene rings is 1. The fourth-order valence-electron chi connectivity index (χ4n) is 3.42. The number of hydrogen-bond acceptors (Lipinski definition) is 5. The largest absolute Gasteiger partial charge is 0.327 e. The molecule has 1 saturated heterocycles. The molecule has 3 rings (SSSR count). The Morgan fingerprint density at radius 1 is 1.35 bits per heavy atom. The zero-order valence-corrected chi connectivity index (χ0v) is 16.9. The van der Waals surface area contributed by atoms with E-state index < -0.39 is 10.0 Å². The topological polar surface area (TPSA) is 70.5 Å². The molecule has 0 amide bonds. The first-order valence-corrected chi connectivity index (χ1v) is 10.6. The number of aromatic nitrogens is 2. The van der Waals surface area contributed by atoms with Crippen molar-refractivity contribution >= 4 is 21.1 Å². The van der Waals surface area contributed by atoms with Gasteiger partial charge in [0.25, 0.3) is 0 Å². The minimum Gasteiger partial charge on any atom is -0.327 e. The van der Waals surface area contributed by atoms with Gasteiger partial charge in [-0.15, -0.1) is 0 Å². The fraction of sp³-hybridized carbons (Fsp3) is 0.611. The quantitative estimate of drug-likeness (QED) is 0.823. The molecule has 26 heavy (non-hydrogen) atoms. The molecule has 0 unspecified atom stereocenters. The standard InChI is InChI=1S/C18H29N5O2S/c1-5-9-23-17-7-6-15(26(24,25)21(3)4)11-16(17)20-18(23)13-22-10-8-19-12-14(22)2/h6-7,11,14,19H,5,8-10,12-13H2,1-4H3/t14-/m1/s1. The monoisotopic (exact) mass is 379 g/mol. The van der Waals surface area contributed by atoms with Crippen LogP contribution in [-0.4, -0.2) is 66.9 Å². The molecule has 1 aromatic heterocycles. The van der Waals surface area contributed by atoms with E-state index in [1.807, 2.05) is 6.07 Å². The minimum atomic E-state index is -3.45. The fourth-order valence-corrected chi connectivity index (χ4v) is 4.35. The van der Waals surface area contributed by atoms with Crippen molar-refractivity contribution in [3.8, 4) is 0 Å². The predicted molar refractivity (Wildman–Crippen MR) is 104 cm³/mol. The number of hydrogen-bond donors (Lipinski definition) is 1. The third-order valence-electron chi connectivity index (χ3n) is 5.01. The van der Waals surface area contributed by atoms with Gasteiger partial charge >= 0.3 is 0 Å². The van der Waals surface area contributed by atoms with E-state index >= 15 is 0 Å². The van der Waals surface area contributed by atoms with Gasteiger partial charge in [0.1, 0.15) is 5.82 Å². The van der Waals surface area contributed by atoms with Crippen LogP contribution in [0.5, 0.6) is 0 Å². The summed E-state index contributed by atoms with van der Waals surface area (Å²) in [5.74, 6) is 1.01. The number of nitrogens with one attached hydrogen (secondary N) is 1. The first-order valence-electron chi connectivity index (χ1n) is 9.21. The lowest BCUT2D eigenvalue weighted by atomic mass is 10.2. The normalized spacial score (nSPS) is 19.5. The second-order valence-corrected chi connectivity index (χ2v) is 9.29. The molecular weight excluding hydrogens is 350 g/mol. The van der Waals surface area contributed by atoms with Gasteiger partial charge in [-0.2, -0.15) is 0 Å². The molecule has 2 heterocycles. The van der Waals surface area contributed by atoms with E-state index in [1.165, 1.54) is 4.31 Å². The highest BCUT2D eigenvalue weighted by Gasteiger charge is 2.23. The summed E-state index contributed by atoms with van der Waals surface area (Å²) in [5.41, 5.74) is 1.75. The molecule has 1 N–H and O–H groups in total. The van der Waals surface area contributed by atoms with E-state index in [2.05, 4.69) is 28.6 Å². The van der Waals surface area contributed by atoms with Gasteiger partial charge in [0, 0.05) is 46.3 Å². The third kappa shape index (κ3) is 3.64. The van der Waals surface area contributed by atoms with Crippen LogP contribution in [0.1, 0.15) is 26.1 Å². The lowest BCUT2D eigenvalue weighted by Gasteiger charge is -2.33. The highest BCUT2D eigenvalue weighted by atomic mass is 32.2. The van der Waals surface area contributed by atoms with Crippen LogP contribution in [0.3, 0.4) is 0 Å². The van der Waals surface area contributed by atoms with Crippen LogP contribution in [0, 0.1) is 0 Å². The number of nitrogens with zero attached hydrogens (tertiary/aromatic N) is 4. The summed E-state index contributed by atoms with van der Waals surface area (Å²) in [4.78, 5) is 7.53. The molecule has 0 bridgehead atoms. The average molecular weight is 380 g/mol. The van der Waals surface area contributed by atoms with Gasteiger partial charge in [-0.1, -0.05) is 6.92 Å². The Labute approximate surface area is 156 Å². The molecule has 2 aromatic rings. The van der Waals surface area contributed by atoms with E-state index in [0.717, 1.165) is 56.0 Å². The number of aryl methyl sites for hydroxylation is 1. The number of fused-ring (bicyclic) bond motifs is 1. The van der Waals surface area contributed by atoms with Crippen LogP contribution < -0.4 is 5.32 Å². The number of piperazine rings is 1. The highest BCUT2D eigenvalue weighted by Crippen LogP contribution is 2.23. The maximum absolute atomic E-state index is 12.4. The minimum absolute atomic E-state index is 0.290. The van der Waals surface area contributed by atoms with E-state index in [9.17, 15) is 8.42 Å². The van der Waals surface area contributed by atoms with Crippen molar-refractivity contribution in [1.29, 1.82) is 0 Å². The molecule has 1 aliphatic heterocycles. The van der Waals surface area contributed by atoms with E-state index in [1.54, 1.807) is 26.2 Å². The van der Waals surface area contributed by atoms with E-state index in [-0.39, 0.29) is 0 Å². The molecule has 1 aromatic carbocycles. The Kier molecular flexibility index (Phi) is 5.67. The predicted octanol–water partition coefficient (Wildman–Crippen LogP) is 1.49. The number of sulfonamides is 1. The van der Waals surface area contributed by atoms with Crippen molar-refractivity contribution in [3.05, 3.63) is 24.0 Å². The third-order valence-corrected chi connectivity index (χ3v) is 6.82. The summed E-state index contributed by atoms with van der Waals surface area (Å²) in [6.45, 7) is 9.01. The van der Waals surface area contributed by atoms with Crippen LogP contribution in [0.4, 0.5) is 0 Å².